The van der Waals surface area contributed by atoms with E-state index in [-0.39, 0.29) is 12.7 Å². The van der Waals surface area contributed by atoms with Gasteiger partial charge in [0, 0.05) is 24.5 Å². The van der Waals surface area contributed by atoms with Crippen LogP contribution in [0.1, 0.15) is 25.3 Å². The molecule has 1 aromatic heterocycles. The number of hydrogen-bond acceptors (Lipinski definition) is 7. The van der Waals surface area contributed by atoms with Crippen molar-refractivity contribution in [3.8, 4) is 11.5 Å². The summed E-state index contributed by atoms with van der Waals surface area (Å²) < 4.78 is 10.8. The number of hydrogen-bond donors (Lipinski definition) is 1. The normalized spacial score (nSPS) is 14.6. The molecular formula is C23H24N4O3S. The molecule has 8 heteroatoms. The quantitative estimate of drug-likeness (QED) is 0.421. The zero-order valence-corrected chi connectivity index (χ0v) is 18.2. The Bertz CT molecular complexity index is 1120. The van der Waals surface area contributed by atoms with Gasteiger partial charge >= 0.3 is 0 Å². The lowest BCUT2D eigenvalue weighted by Gasteiger charge is -2.21. The Kier molecular flexibility index (Phi) is 5.55. The van der Waals surface area contributed by atoms with Crippen LogP contribution in [-0.2, 0) is 11.3 Å². The minimum absolute atomic E-state index is 0.0543. The van der Waals surface area contributed by atoms with Gasteiger partial charge in [-0.15, -0.1) is 0 Å². The standard InChI is InChI=1S/C23H24N4O3S/c1-2-27(12-15-7-10-19-20(11-15)30-14-29-19)21(28)13-31-23-25-18-6-4-3-5-17(18)22(26-23)24-16-8-9-16/h3-7,10-11,16H,2,8-9,12-14H2,1H3,(H,24,25,26). The van der Waals surface area contributed by atoms with Gasteiger partial charge in [-0.3, -0.25) is 4.79 Å². The predicted octanol–water partition coefficient (Wildman–Crippen LogP) is 4.07. The first-order valence-electron chi connectivity index (χ1n) is 10.5. The molecule has 0 saturated heterocycles. The summed E-state index contributed by atoms with van der Waals surface area (Å²) in [5.74, 6) is 2.68. The fourth-order valence-electron chi connectivity index (χ4n) is 3.50. The number of para-hydroxylation sites is 1. The van der Waals surface area contributed by atoms with Crippen LogP contribution in [0, 0.1) is 0 Å². The Labute approximate surface area is 185 Å². The maximum atomic E-state index is 12.9. The number of carbonyl (C=O) groups is 1. The number of benzene rings is 2. The number of amides is 1. The first kappa shape index (κ1) is 19.9. The summed E-state index contributed by atoms with van der Waals surface area (Å²) in [4.78, 5) is 24.1. The molecule has 1 aliphatic heterocycles. The predicted molar refractivity (Wildman–Crippen MR) is 121 cm³/mol. The summed E-state index contributed by atoms with van der Waals surface area (Å²) in [7, 11) is 0. The third-order valence-electron chi connectivity index (χ3n) is 5.37. The van der Waals surface area contributed by atoms with Crippen molar-refractivity contribution in [3.05, 3.63) is 48.0 Å². The Morgan fingerprint density at radius 1 is 1.16 bits per heavy atom. The van der Waals surface area contributed by atoms with Gasteiger partial charge in [0.2, 0.25) is 12.7 Å². The third kappa shape index (κ3) is 4.54. The van der Waals surface area contributed by atoms with Crippen molar-refractivity contribution in [1.82, 2.24) is 14.9 Å². The van der Waals surface area contributed by atoms with Crippen molar-refractivity contribution in [2.45, 2.75) is 37.5 Å². The van der Waals surface area contributed by atoms with Gasteiger partial charge < -0.3 is 19.7 Å². The van der Waals surface area contributed by atoms with E-state index in [4.69, 9.17) is 14.5 Å². The van der Waals surface area contributed by atoms with E-state index in [1.54, 1.807) is 0 Å². The van der Waals surface area contributed by atoms with Gasteiger partial charge in [0.05, 0.1) is 11.3 Å². The zero-order valence-electron chi connectivity index (χ0n) is 17.3. The molecule has 31 heavy (non-hydrogen) atoms. The highest BCUT2D eigenvalue weighted by atomic mass is 32.2. The molecule has 1 saturated carbocycles. The van der Waals surface area contributed by atoms with E-state index in [0.717, 1.165) is 33.8 Å². The van der Waals surface area contributed by atoms with Crippen molar-refractivity contribution in [2.24, 2.45) is 0 Å². The number of nitrogens with zero attached hydrogens (tertiary/aromatic N) is 3. The smallest absolute Gasteiger partial charge is 0.233 e. The van der Waals surface area contributed by atoms with E-state index in [1.165, 1.54) is 24.6 Å². The van der Waals surface area contributed by atoms with Gasteiger partial charge in [-0.1, -0.05) is 30.0 Å². The second-order valence-corrected chi connectivity index (χ2v) is 8.62. The summed E-state index contributed by atoms with van der Waals surface area (Å²) in [5, 5.41) is 5.13. The molecule has 1 N–H and O–H groups in total. The van der Waals surface area contributed by atoms with Gasteiger partial charge in [-0.05, 0) is 49.6 Å². The molecule has 7 nitrogen and oxygen atoms in total. The number of anilines is 1. The second-order valence-electron chi connectivity index (χ2n) is 7.67. The Balaban J connectivity index is 1.27. The molecule has 160 valence electrons. The molecule has 0 radical (unpaired) electrons. The van der Waals surface area contributed by atoms with E-state index in [0.29, 0.717) is 30.0 Å². The van der Waals surface area contributed by atoms with Crippen LogP contribution in [0.5, 0.6) is 11.5 Å². The fraction of sp³-hybridized carbons (Fsp3) is 0.348. The fourth-order valence-corrected chi connectivity index (χ4v) is 4.26. The number of carbonyl (C=O) groups excluding carboxylic acids is 1. The lowest BCUT2D eigenvalue weighted by molar-refractivity contribution is -0.128. The molecule has 2 aromatic carbocycles. The van der Waals surface area contributed by atoms with Crippen molar-refractivity contribution < 1.29 is 14.3 Å². The Morgan fingerprint density at radius 3 is 2.84 bits per heavy atom. The summed E-state index contributed by atoms with van der Waals surface area (Å²) >= 11 is 1.38. The van der Waals surface area contributed by atoms with Crippen LogP contribution in [0.15, 0.2) is 47.6 Å². The molecule has 2 heterocycles. The number of thioether (sulfide) groups is 1. The average molecular weight is 437 g/mol. The largest absolute Gasteiger partial charge is 0.454 e. The van der Waals surface area contributed by atoms with Gasteiger partial charge in [0.25, 0.3) is 0 Å². The highest BCUT2D eigenvalue weighted by Gasteiger charge is 2.23. The van der Waals surface area contributed by atoms with Crippen LogP contribution in [-0.4, -0.2) is 45.9 Å². The number of fused-ring (bicyclic) bond motifs is 2. The maximum absolute atomic E-state index is 12.9. The first-order chi connectivity index (χ1) is 15.2. The number of rotatable bonds is 8. The highest BCUT2D eigenvalue weighted by molar-refractivity contribution is 7.99. The van der Waals surface area contributed by atoms with Crippen LogP contribution >= 0.6 is 11.8 Å². The molecule has 1 amide bonds. The molecule has 0 atom stereocenters. The van der Waals surface area contributed by atoms with E-state index in [1.807, 2.05) is 54.3 Å². The van der Waals surface area contributed by atoms with Crippen molar-refractivity contribution in [3.63, 3.8) is 0 Å². The molecule has 5 rings (SSSR count). The summed E-state index contributed by atoms with van der Waals surface area (Å²) in [6, 6.07) is 14.3. The monoisotopic (exact) mass is 436 g/mol. The molecule has 3 aromatic rings. The molecular weight excluding hydrogens is 412 g/mol. The van der Waals surface area contributed by atoms with Crippen LogP contribution in [0.2, 0.25) is 0 Å². The first-order valence-corrected chi connectivity index (χ1v) is 11.5. The summed E-state index contributed by atoms with van der Waals surface area (Å²) in [6.45, 7) is 3.38. The summed E-state index contributed by atoms with van der Waals surface area (Å²) in [6.07, 6.45) is 2.34. The zero-order chi connectivity index (χ0) is 21.2. The topological polar surface area (TPSA) is 76.6 Å². The highest BCUT2D eigenvalue weighted by Crippen LogP contribution is 2.33. The Hall–Kier alpha value is -3.00. The molecule has 2 aliphatic rings. The number of aromatic nitrogens is 2. The van der Waals surface area contributed by atoms with E-state index >= 15 is 0 Å². The summed E-state index contributed by atoms with van der Waals surface area (Å²) in [5.41, 5.74) is 1.91. The van der Waals surface area contributed by atoms with E-state index in [2.05, 4.69) is 10.3 Å². The van der Waals surface area contributed by atoms with Crippen LogP contribution in [0.4, 0.5) is 5.82 Å². The maximum Gasteiger partial charge on any atom is 0.233 e. The molecule has 0 spiro atoms. The van der Waals surface area contributed by atoms with Gasteiger partial charge in [-0.25, -0.2) is 9.97 Å². The van der Waals surface area contributed by atoms with Gasteiger partial charge in [0.1, 0.15) is 5.82 Å². The van der Waals surface area contributed by atoms with Gasteiger partial charge in [-0.2, -0.15) is 0 Å². The third-order valence-corrected chi connectivity index (χ3v) is 6.20. The minimum atomic E-state index is 0.0543. The Morgan fingerprint density at radius 2 is 2.00 bits per heavy atom. The lowest BCUT2D eigenvalue weighted by Crippen LogP contribution is -2.31. The SMILES string of the molecule is CCN(Cc1ccc2c(c1)OCO2)C(=O)CSc1nc(NC2CC2)c2ccccc2n1. The number of nitrogens with one attached hydrogen (secondary N) is 1. The second kappa shape index (κ2) is 8.63. The van der Waals surface area contributed by atoms with Crippen LogP contribution in [0.25, 0.3) is 10.9 Å². The van der Waals surface area contributed by atoms with Crippen LogP contribution in [0.3, 0.4) is 0 Å². The minimum Gasteiger partial charge on any atom is -0.454 e. The van der Waals surface area contributed by atoms with Crippen molar-refractivity contribution in [1.29, 1.82) is 0 Å². The van der Waals surface area contributed by atoms with Crippen molar-refractivity contribution in [2.75, 3.05) is 24.4 Å². The van der Waals surface area contributed by atoms with Crippen LogP contribution < -0.4 is 14.8 Å². The van der Waals surface area contributed by atoms with E-state index < -0.39 is 0 Å². The average Bonchev–Trinajstić information content (AvgIpc) is 3.49. The lowest BCUT2D eigenvalue weighted by atomic mass is 10.2. The van der Waals surface area contributed by atoms with E-state index in [9.17, 15) is 4.79 Å². The number of ether oxygens (including phenoxy) is 2. The van der Waals surface area contributed by atoms with Gasteiger partial charge in [0.15, 0.2) is 16.7 Å². The van der Waals surface area contributed by atoms with Crippen molar-refractivity contribution >= 4 is 34.4 Å². The molecule has 0 bridgehead atoms. The molecule has 0 unspecified atom stereocenters. The molecule has 1 aliphatic carbocycles. The molecule has 1 fully saturated rings.